The van der Waals surface area contributed by atoms with Crippen molar-refractivity contribution in [2.24, 2.45) is 0 Å². The zero-order valence-corrected chi connectivity index (χ0v) is 9.28. The van der Waals surface area contributed by atoms with Crippen molar-refractivity contribution in [1.29, 1.82) is 0 Å². The van der Waals surface area contributed by atoms with Crippen molar-refractivity contribution in [3.05, 3.63) is 55.3 Å². The first kappa shape index (κ1) is 14.9. The molecule has 0 aliphatic carbocycles. The SMILES string of the molecule is C=COS(=O)(=O)c1cccc2ccccc12.[KH]. The Balaban J connectivity index is 0.00000144. The molecule has 0 aliphatic rings. The zero-order valence-electron chi connectivity index (χ0n) is 8.46. The molecule has 0 aromatic heterocycles. The summed E-state index contributed by atoms with van der Waals surface area (Å²) >= 11 is 0. The average Bonchev–Trinajstić information content (AvgIpc) is 2.28. The summed E-state index contributed by atoms with van der Waals surface area (Å²) < 4.78 is 28.1. The van der Waals surface area contributed by atoms with Crippen molar-refractivity contribution >= 4 is 72.3 Å². The van der Waals surface area contributed by atoms with Gasteiger partial charge in [-0.25, -0.2) is 0 Å². The second-order valence-electron chi connectivity index (χ2n) is 3.19. The summed E-state index contributed by atoms with van der Waals surface area (Å²) in [4.78, 5) is 0.158. The van der Waals surface area contributed by atoms with Crippen LogP contribution in [0.15, 0.2) is 60.2 Å². The first-order valence-electron chi connectivity index (χ1n) is 4.67. The van der Waals surface area contributed by atoms with Gasteiger partial charge in [0.1, 0.15) is 4.90 Å². The van der Waals surface area contributed by atoms with Crippen LogP contribution in [0.4, 0.5) is 0 Å². The third-order valence-electron chi connectivity index (χ3n) is 2.21. The van der Waals surface area contributed by atoms with Crippen LogP contribution in [0, 0.1) is 0 Å². The van der Waals surface area contributed by atoms with Crippen LogP contribution in [-0.2, 0) is 14.3 Å². The van der Waals surface area contributed by atoms with Gasteiger partial charge < -0.3 is 4.18 Å². The van der Waals surface area contributed by atoms with Gasteiger partial charge in [0.05, 0.1) is 6.26 Å². The minimum atomic E-state index is -3.75. The molecule has 84 valence electrons. The number of benzene rings is 2. The second-order valence-corrected chi connectivity index (χ2v) is 4.73. The molecule has 0 atom stereocenters. The molecule has 0 saturated heterocycles. The summed E-state index contributed by atoms with van der Waals surface area (Å²) in [7, 11) is -3.75. The topological polar surface area (TPSA) is 43.4 Å². The van der Waals surface area contributed by atoms with Gasteiger partial charge >= 0.3 is 61.5 Å². The first-order chi connectivity index (χ1) is 7.65. The van der Waals surface area contributed by atoms with E-state index >= 15 is 0 Å². The first-order valence-corrected chi connectivity index (χ1v) is 6.08. The zero-order chi connectivity index (χ0) is 11.6. The Morgan fingerprint density at radius 3 is 2.41 bits per heavy atom. The van der Waals surface area contributed by atoms with Crippen LogP contribution < -0.4 is 0 Å². The molecule has 0 unspecified atom stereocenters. The quantitative estimate of drug-likeness (QED) is 0.489. The van der Waals surface area contributed by atoms with Crippen LogP contribution in [-0.4, -0.2) is 59.8 Å². The Morgan fingerprint density at radius 1 is 1.06 bits per heavy atom. The molecule has 2 rings (SSSR count). The van der Waals surface area contributed by atoms with Crippen LogP contribution >= 0.6 is 0 Å². The fraction of sp³-hybridized carbons (Fsp3) is 0. The number of hydrogen-bond acceptors (Lipinski definition) is 3. The van der Waals surface area contributed by atoms with Gasteiger partial charge in [-0.1, -0.05) is 43.0 Å². The van der Waals surface area contributed by atoms with Gasteiger partial charge in [0.2, 0.25) is 0 Å². The van der Waals surface area contributed by atoms with E-state index < -0.39 is 10.1 Å². The molecule has 3 nitrogen and oxygen atoms in total. The molecular formula is C12H11KO3S. The molecule has 0 aliphatic heterocycles. The Kier molecular flexibility index (Phi) is 5.37. The fourth-order valence-electron chi connectivity index (χ4n) is 1.56. The molecule has 2 aromatic carbocycles. The van der Waals surface area contributed by atoms with Gasteiger partial charge in [-0.2, -0.15) is 8.42 Å². The molecule has 5 heteroatoms. The summed E-state index contributed by atoms with van der Waals surface area (Å²) in [5.41, 5.74) is 0. The van der Waals surface area contributed by atoms with Crippen LogP contribution in [0.3, 0.4) is 0 Å². The van der Waals surface area contributed by atoms with E-state index in [9.17, 15) is 8.42 Å². The van der Waals surface area contributed by atoms with Crippen LogP contribution in [0.5, 0.6) is 0 Å². The van der Waals surface area contributed by atoms with E-state index in [2.05, 4.69) is 10.8 Å². The average molecular weight is 274 g/mol. The van der Waals surface area contributed by atoms with Crippen molar-refractivity contribution in [1.82, 2.24) is 0 Å². The standard InChI is InChI=1S/C12H10O3S.K.H/c1-2-15-16(13,14)12-9-5-7-10-6-3-4-8-11(10)12;;/h2-9H,1H2;;. The summed E-state index contributed by atoms with van der Waals surface area (Å²) in [6, 6.07) is 12.3. The van der Waals surface area contributed by atoms with Gasteiger partial charge in [0.25, 0.3) is 0 Å². The number of fused-ring (bicyclic) bond motifs is 1. The maximum atomic E-state index is 11.8. The van der Waals surface area contributed by atoms with E-state index in [1.54, 1.807) is 18.2 Å². The monoisotopic (exact) mass is 274 g/mol. The maximum absolute atomic E-state index is 11.8. The van der Waals surface area contributed by atoms with Crippen molar-refractivity contribution in [2.45, 2.75) is 4.90 Å². The van der Waals surface area contributed by atoms with Gasteiger partial charge in [0, 0.05) is 5.39 Å². The molecule has 2 aromatic rings. The Bertz CT molecular complexity index is 630. The molecule has 0 spiro atoms. The Hall–Kier alpha value is -0.174. The fourth-order valence-corrected chi connectivity index (χ4v) is 2.54. The molecule has 0 fully saturated rings. The van der Waals surface area contributed by atoms with Gasteiger partial charge in [0.15, 0.2) is 0 Å². The molecule has 0 heterocycles. The number of hydrogen-bond donors (Lipinski definition) is 0. The molecule has 0 N–H and O–H groups in total. The Morgan fingerprint density at radius 2 is 1.71 bits per heavy atom. The van der Waals surface area contributed by atoms with E-state index in [0.29, 0.717) is 5.39 Å². The summed E-state index contributed by atoms with van der Waals surface area (Å²) in [5, 5.41) is 1.50. The van der Waals surface area contributed by atoms with Gasteiger partial charge in [-0.3, -0.25) is 0 Å². The third-order valence-corrected chi connectivity index (χ3v) is 3.50. The van der Waals surface area contributed by atoms with Crippen molar-refractivity contribution in [3.63, 3.8) is 0 Å². The molecule has 17 heavy (non-hydrogen) atoms. The second kappa shape index (κ2) is 6.13. The van der Waals surface area contributed by atoms with Crippen molar-refractivity contribution < 1.29 is 12.6 Å². The summed E-state index contributed by atoms with van der Waals surface area (Å²) in [6.07, 6.45) is 0.914. The molecule has 0 bridgehead atoms. The van der Waals surface area contributed by atoms with Crippen LogP contribution in [0.25, 0.3) is 10.8 Å². The summed E-state index contributed by atoms with van der Waals surface area (Å²) in [5.74, 6) is 0. The van der Waals surface area contributed by atoms with Crippen molar-refractivity contribution in [3.8, 4) is 0 Å². The van der Waals surface area contributed by atoms with Crippen LogP contribution in [0.1, 0.15) is 0 Å². The van der Waals surface area contributed by atoms with E-state index in [1.807, 2.05) is 18.2 Å². The van der Waals surface area contributed by atoms with Crippen molar-refractivity contribution in [2.75, 3.05) is 0 Å². The molecule has 0 radical (unpaired) electrons. The van der Waals surface area contributed by atoms with Crippen LogP contribution in [0.2, 0.25) is 0 Å². The molecule has 0 saturated carbocycles. The normalized spacial score (nSPS) is 10.6. The van der Waals surface area contributed by atoms with E-state index in [4.69, 9.17) is 0 Å². The van der Waals surface area contributed by atoms with Gasteiger partial charge in [-0.15, -0.1) is 0 Å². The predicted octanol–water partition coefficient (Wildman–Crippen LogP) is 2.04. The molecular weight excluding hydrogens is 263 g/mol. The third kappa shape index (κ3) is 3.18. The number of rotatable bonds is 3. The van der Waals surface area contributed by atoms with E-state index in [-0.39, 0.29) is 56.3 Å². The van der Waals surface area contributed by atoms with Gasteiger partial charge in [-0.05, 0) is 11.5 Å². The Labute approximate surface area is 143 Å². The summed E-state index contributed by atoms with van der Waals surface area (Å²) in [6.45, 7) is 3.25. The van der Waals surface area contributed by atoms with E-state index in [0.717, 1.165) is 11.6 Å². The minimum absolute atomic E-state index is 0. The predicted molar refractivity (Wildman–Crippen MR) is 69.6 cm³/mol. The molecule has 0 amide bonds. The van der Waals surface area contributed by atoms with E-state index in [1.165, 1.54) is 6.07 Å².